The van der Waals surface area contributed by atoms with E-state index in [1.165, 1.54) is 5.56 Å². The van der Waals surface area contributed by atoms with E-state index in [2.05, 4.69) is 52.0 Å². The molecule has 0 unspecified atom stereocenters. The van der Waals surface area contributed by atoms with Crippen LogP contribution in [0.5, 0.6) is 0 Å². The Labute approximate surface area is 111 Å². The van der Waals surface area contributed by atoms with Crippen molar-refractivity contribution in [3.05, 3.63) is 35.9 Å². The lowest BCUT2D eigenvalue weighted by atomic mass is 9.54. The summed E-state index contributed by atoms with van der Waals surface area (Å²) in [4.78, 5) is 0. The van der Waals surface area contributed by atoms with Crippen LogP contribution in [0.3, 0.4) is 0 Å². The van der Waals surface area contributed by atoms with E-state index in [4.69, 9.17) is 11.5 Å². The molecule has 0 saturated heterocycles. The zero-order chi connectivity index (χ0) is 13.6. The zero-order valence-corrected chi connectivity index (χ0v) is 12.0. The number of hydrogen-bond donors (Lipinski definition) is 2. The molecule has 0 bridgehead atoms. The molecular weight excluding hydrogens is 220 g/mol. The van der Waals surface area contributed by atoms with Gasteiger partial charge in [0.1, 0.15) is 0 Å². The Balaban J connectivity index is 2.42. The maximum Gasteiger partial charge on any atom is 0.0421 e. The number of rotatable bonds is 1. The van der Waals surface area contributed by atoms with Gasteiger partial charge in [-0.25, -0.2) is 0 Å². The molecule has 1 aromatic carbocycles. The molecule has 18 heavy (non-hydrogen) atoms. The number of nitrogens with two attached hydrogens (primary N) is 2. The highest BCUT2D eigenvalue weighted by Gasteiger charge is 2.51. The molecule has 1 aromatic rings. The van der Waals surface area contributed by atoms with Crippen molar-refractivity contribution in [1.82, 2.24) is 0 Å². The van der Waals surface area contributed by atoms with E-state index in [9.17, 15) is 0 Å². The second-order valence-corrected chi connectivity index (χ2v) is 7.33. The van der Waals surface area contributed by atoms with Crippen molar-refractivity contribution in [1.29, 1.82) is 0 Å². The van der Waals surface area contributed by atoms with E-state index in [1.54, 1.807) is 0 Å². The molecule has 2 rings (SSSR count). The molecule has 100 valence electrons. The summed E-state index contributed by atoms with van der Waals surface area (Å²) in [5, 5.41) is 0. The Morgan fingerprint density at radius 2 is 1.39 bits per heavy atom. The highest BCUT2D eigenvalue weighted by molar-refractivity contribution is 5.27. The van der Waals surface area contributed by atoms with Crippen molar-refractivity contribution in [3.63, 3.8) is 0 Å². The Bertz CT molecular complexity index is 402. The molecule has 4 N–H and O–H groups in total. The molecule has 0 atom stereocenters. The van der Waals surface area contributed by atoms with Gasteiger partial charge in [-0.3, -0.25) is 0 Å². The van der Waals surface area contributed by atoms with Gasteiger partial charge >= 0.3 is 0 Å². The smallest absolute Gasteiger partial charge is 0.0421 e. The molecule has 1 saturated carbocycles. The maximum absolute atomic E-state index is 6.74. The predicted molar refractivity (Wildman–Crippen MR) is 77.1 cm³/mol. The van der Waals surface area contributed by atoms with Gasteiger partial charge in [-0.15, -0.1) is 0 Å². The van der Waals surface area contributed by atoms with E-state index < -0.39 is 0 Å². The fraction of sp³-hybridized carbons (Fsp3) is 0.625. The minimum Gasteiger partial charge on any atom is -0.327 e. The van der Waals surface area contributed by atoms with Crippen LogP contribution < -0.4 is 11.5 Å². The second-order valence-electron chi connectivity index (χ2n) is 7.33. The van der Waals surface area contributed by atoms with Crippen molar-refractivity contribution in [2.24, 2.45) is 22.3 Å². The fourth-order valence-electron chi connectivity index (χ4n) is 3.94. The van der Waals surface area contributed by atoms with E-state index in [0.29, 0.717) is 0 Å². The van der Waals surface area contributed by atoms with Gasteiger partial charge in [0.2, 0.25) is 0 Å². The van der Waals surface area contributed by atoms with Crippen LogP contribution in [0.25, 0.3) is 0 Å². The van der Waals surface area contributed by atoms with Gasteiger partial charge < -0.3 is 11.5 Å². The van der Waals surface area contributed by atoms with Crippen molar-refractivity contribution in [2.45, 2.75) is 52.1 Å². The summed E-state index contributed by atoms with van der Waals surface area (Å²) >= 11 is 0. The molecule has 0 spiro atoms. The van der Waals surface area contributed by atoms with Crippen molar-refractivity contribution < 1.29 is 0 Å². The molecule has 2 heteroatoms. The van der Waals surface area contributed by atoms with Crippen LogP contribution in [0, 0.1) is 10.8 Å². The Kier molecular flexibility index (Phi) is 3.07. The van der Waals surface area contributed by atoms with Crippen molar-refractivity contribution in [2.75, 3.05) is 0 Å². The largest absolute Gasteiger partial charge is 0.327 e. The standard InChI is InChI=1S/C16H26N2/c1-14(2)10-16(18,11-15(3,4)13(14)17)12-8-6-5-7-9-12/h5-9,13H,10-11,17-18H2,1-4H3. The molecule has 0 radical (unpaired) electrons. The summed E-state index contributed by atoms with van der Waals surface area (Å²) in [7, 11) is 0. The van der Waals surface area contributed by atoms with Gasteiger partial charge in [0.15, 0.2) is 0 Å². The molecular formula is C16H26N2. The normalized spacial score (nSPS) is 34.2. The molecule has 2 nitrogen and oxygen atoms in total. The highest BCUT2D eigenvalue weighted by Crippen LogP contribution is 2.51. The molecule has 1 aliphatic carbocycles. The summed E-state index contributed by atoms with van der Waals surface area (Å²) in [5.41, 5.74) is 14.3. The first-order valence-electron chi connectivity index (χ1n) is 6.77. The first kappa shape index (κ1) is 13.6. The molecule has 0 aromatic heterocycles. The van der Waals surface area contributed by atoms with Crippen LogP contribution in [0.1, 0.15) is 46.1 Å². The van der Waals surface area contributed by atoms with Crippen molar-refractivity contribution >= 4 is 0 Å². The lowest BCUT2D eigenvalue weighted by molar-refractivity contribution is 0.0182. The van der Waals surface area contributed by atoms with Crippen LogP contribution >= 0.6 is 0 Å². The Morgan fingerprint density at radius 1 is 0.944 bits per heavy atom. The summed E-state index contributed by atoms with van der Waals surface area (Å²) in [6.07, 6.45) is 1.88. The molecule has 0 heterocycles. The third-order valence-electron chi connectivity index (χ3n) is 4.57. The molecule has 0 aliphatic heterocycles. The van der Waals surface area contributed by atoms with Gasteiger partial charge in [-0.05, 0) is 29.2 Å². The third kappa shape index (κ3) is 2.19. The molecule has 1 fully saturated rings. The van der Waals surface area contributed by atoms with Gasteiger partial charge in [0.05, 0.1) is 0 Å². The first-order chi connectivity index (χ1) is 8.17. The minimum atomic E-state index is -0.260. The number of hydrogen-bond acceptors (Lipinski definition) is 2. The van der Waals surface area contributed by atoms with Crippen LogP contribution in [0.2, 0.25) is 0 Å². The lowest BCUT2D eigenvalue weighted by Gasteiger charge is -2.55. The van der Waals surface area contributed by atoms with Crippen LogP contribution in [-0.4, -0.2) is 6.04 Å². The molecule has 1 aliphatic rings. The fourth-order valence-corrected chi connectivity index (χ4v) is 3.94. The maximum atomic E-state index is 6.74. The van der Waals surface area contributed by atoms with Gasteiger partial charge in [0, 0.05) is 11.6 Å². The highest BCUT2D eigenvalue weighted by atomic mass is 14.8. The average Bonchev–Trinajstić information content (AvgIpc) is 2.26. The second kappa shape index (κ2) is 4.07. The van der Waals surface area contributed by atoms with Gasteiger partial charge in [0.25, 0.3) is 0 Å². The predicted octanol–water partition coefficient (Wildman–Crippen LogP) is 3.01. The quantitative estimate of drug-likeness (QED) is 0.800. The lowest BCUT2D eigenvalue weighted by Crippen LogP contribution is -2.60. The summed E-state index contributed by atoms with van der Waals surface area (Å²) in [6.45, 7) is 8.96. The van der Waals surface area contributed by atoms with Crippen LogP contribution in [-0.2, 0) is 5.54 Å². The molecule has 0 amide bonds. The summed E-state index contributed by atoms with van der Waals surface area (Å²) in [5.74, 6) is 0. The monoisotopic (exact) mass is 246 g/mol. The van der Waals surface area contributed by atoms with E-state index in [-0.39, 0.29) is 22.4 Å². The van der Waals surface area contributed by atoms with E-state index in [1.807, 2.05) is 6.07 Å². The van der Waals surface area contributed by atoms with E-state index in [0.717, 1.165) is 12.8 Å². The first-order valence-corrected chi connectivity index (χ1v) is 6.77. The Hall–Kier alpha value is -0.860. The number of benzene rings is 1. The summed E-state index contributed by atoms with van der Waals surface area (Å²) in [6, 6.07) is 10.6. The average molecular weight is 246 g/mol. The SMILES string of the molecule is CC1(C)CC(N)(c2ccccc2)CC(C)(C)C1N. The van der Waals surface area contributed by atoms with Crippen LogP contribution in [0.4, 0.5) is 0 Å². The topological polar surface area (TPSA) is 52.0 Å². The summed E-state index contributed by atoms with van der Waals surface area (Å²) < 4.78 is 0. The van der Waals surface area contributed by atoms with Gasteiger partial charge in [-0.1, -0.05) is 58.0 Å². The van der Waals surface area contributed by atoms with E-state index >= 15 is 0 Å². The zero-order valence-electron chi connectivity index (χ0n) is 12.0. The van der Waals surface area contributed by atoms with Crippen LogP contribution in [0.15, 0.2) is 30.3 Å². The van der Waals surface area contributed by atoms with Crippen molar-refractivity contribution in [3.8, 4) is 0 Å². The third-order valence-corrected chi connectivity index (χ3v) is 4.57. The minimum absolute atomic E-state index is 0.0618. The van der Waals surface area contributed by atoms with Gasteiger partial charge in [-0.2, -0.15) is 0 Å². The Morgan fingerprint density at radius 3 is 1.83 bits per heavy atom.